The van der Waals surface area contributed by atoms with Crippen LogP contribution in [-0.2, 0) is 9.53 Å². The molecule has 1 amide bonds. The first-order chi connectivity index (χ1) is 11.1. The van der Waals surface area contributed by atoms with E-state index < -0.39 is 6.10 Å². The van der Waals surface area contributed by atoms with Crippen molar-refractivity contribution in [2.75, 3.05) is 39.4 Å². The average molecular weight is 322 g/mol. The van der Waals surface area contributed by atoms with E-state index in [9.17, 15) is 14.3 Å². The smallest absolute Gasteiger partial charge is 0.224 e. The molecule has 0 spiro atoms. The summed E-state index contributed by atoms with van der Waals surface area (Å²) >= 11 is 0. The fraction of sp³-hybridized carbons (Fsp3) is 0.588. The van der Waals surface area contributed by atoms with E-state index >= 15 is 0 Å². The van der Waals surface area contributed by atoms with E-state index in [0.717, 1.165) is 5.56 Å². The van der Waals surface area contributed by atoms with Gasteiger partial charge in [-0.15, -0.1) is 0 Å². The minimum absolute atomic E-state index is 0.0445. The Kier molecular flexibility index (Phi) is 5.25. The molecule has 1 aromatic rings. The Morgan fingerprint density at radius 1 is 1.26 bits per heavy atom. The van der Waals surface area contributed by atoms with Crippen LogP contribution in [0.3, 0.4) is 0 Å². The SMILES string of the molecule is O=C(CCN1C[C@@H](O)C[C@H]1c1ccc(F)cc1)N1CCOCC1. The molecular weight excluding hydrogens is 299 g/mol. The van der Waals surface area contributed by atoms with Gasteiger partial charge in [-0.25, -0.2) is 4.39 Å². The number of aliphatic hydroxyl groups excluding tert-OH is 1. The summed E-state index contributed by atoms with van der Waals surface area (Å²) < 4.78 is 18.3. The number of carbonyl (C=O) groups excluding carboxylic acids is 1. The molecule has 0 unspecified atom stereocenters. The lowest BCUT2D eigenvalue weighted by molar-refractivity contribution is -0.135. The number of carbonyl (C=O) groups is 1. The Balaban J connectivity index is 1.58. The van der Waals surface area contributed by atoms with Crippen LogP contribution in [0.4, 0.5) is 4.39 Å². The van der Waals surface area contributed by atoms with Crippen molar-refractivity contribution in [1.29, 1.82) is 0 Å². The molecule has 2 atom stereocenters. The quantitative estimate of drug-likeness (QED) is 0.904. The highest BCUT2D eigenvalue weighted by atomic mass is 19.1. The van der Waals surface area contributed by atoms with Crippen molar-refractivity contribution >= 4 is 5.91 Å². The number of ether oxygens (including phenoxy) is 1. The molecule has 0 saturated carbocycles. The molecule has 6 heteroatoms. The fourth-order valence-corrected chi connectivity index (χ4v) is 3.37. The van der Waals surface area contributed by atoms with Crippen molar-refractivity contribution < 1.29 is 19.0 Å². The number of aliphatic hydroxyl groups is 1. The molecule has 0 aliphatic carbocycles. The van der Waals surface area contributed by atoms with Gasteiger partial charge in [0.1, 0.15) is 5.82 Å². The second kappa shape index (κ2) is 7.38. The molecule has 5 nitrogen and oxygen atoms in total. The van der Waals surface area contributed by atoms with Crippen molar-refractivity contribution in [3.63, 3.8) is 0 Å². The van der Waals surface area contributed by atoms with E-state index in [1.54, 1.807) is 12.1 Å². The first-order valence-electron chi connectivity index (χ1n) is 8.16. The maximum atomic E-state index is 13.1. The van der Waals surface area contributed by atoms with Crippen molar-refractivity contribution in [3.8, 4) is 0 Å². The number of halogens is 1. The maximum absolute atomic E-state index is 13.1. The summed E-state index contributed by atoms with van der Waals surface area (Å²) in [6.07, 6.45) is 0.658. The monoisotopic (exact) mass is 322 g/mol. The Bertz CT molecular complexity index is 531. The van der Waals surface area contributed by atoms with Crippen molar-refractivity contribution in [1.82, 2.24) is 9.80 Å². The molecule has 126 valence electrons. The normalized spacial score (nSPS) is 25.7. The highest BCUT2D eigenvalue weighted by molar-refractivity contribution is 5.76. The van der Waals surface area contributed by atoms with Gasteiger partial charge < -0.3 is 14.7 Å². The second-order valence-electron chi connectivity index (χ2n) is 6.19. The average Bonchev–Trinajstić information content (AvgIpc) is 2.95. The van der Waals surface area contributed by atoms with Crippen LogP contribution < -0.4 is 0 Å². The first kappa shape index (κ1) is 16.4. The third-order valence-electron chi connectivity index (χ3n) is 4.61. The van der Waals surface area contributed by atoms with Gasteiger partial charge in [-0.1, -0.05) is 12.1 Å². The minimum atomic E-state index is -0.399. The molecular formula is C17H23FN2O3. The zero-order valence-electron chi connectivity index (χ0n) is 13.2. The topological polar surface area (TPSA) is 53.0 Å². The number of amides is 1. The number of morpholine rings is 1. The number of likely N-dealkylation sites (tertiary alicyclic amines) is 1. The molecule has 0 radical (unpaired) electrons. The predicted molar refractivity (Wildman–Crippen MR) is 83.4 cm³/mol. The molecule has 23 heavy (non-hydrogen) atoms. The van der Waals surface area contributed by atoms with Gasteiger partial charge in [-0.3, -0.25) is 9.69 Å². The van der Waals surface area contributed by atoms with Crippen LogP contribution in [0.1, 0.15) is 24.4 Å². The summed E-state index contributed by atoms with van der Waals surface area (Å²) in [5.41, 5.74) is 0.988. The van der Waals surface area contributed by atoms with Gasteiger partial charge in [0.2, 0.25) is 5.91 Å². The summed E-state index contributed by atoms with van der Waals surface area (Å²) in [7, 11) is 0. The van der Waals surface area contributed by atoms with Crippen molar-refractivity contribution in [2.45, 2.75) is 25.0 Å². The molecule has 0 bridgehead atoms. The molecule has 2 aliphatic rings. The molecule has 2 saturated heterocycles. The van der Waals surface area contributed by atoms with E-state index in [4.69, 9.17) is 4.74 Å². The van der Waals surface area contributed by atoms with Crippen molar-refractivity contribution in [2.24, 2.45) is 0 Å². The van der Waals surface area contributed by atoms with E-state index in [-0.39, 0.29) is 17.8 Å². The highest BCUT2D eigenvalue weighted by Crippen LogP contribution is 2.32. The summed E-state index contributed by atoms with van der Waals surface area (Å²) in [5.74, 6) is -0.131. The van der Waals surface area contributed by atoms with Crippen LogP contribution in [0.15, 0.2) is 24.3 Å². The number of β-amino-alcohol motifs (C(OH)–C–C–N with tert-alkyl or cyclic N) is 1. The van der Waals surface area contributed by atoms with Gasteiger partial charge in [-0.2, -0.15) is 0 Å². The molecule has 0 aromatic heterocycles. The van der Waals surface area contributed by atoms with E-state index in [2.05, 4.69) is 4.90 Å². The molecule has 1 aromatic carbocycles. The minimum Gasteiger partial charge on any atom is -0.392 e. The third kappa shape index (κ3) is 4.07. The van der Waals surface area contributed by atoms with E-state index in [1.807, 2.05) is 4.90 Å². The van der Waals surface area contributed by atoms with Crippen molar-refractivity contribution in [3.05, 3.63) is 35.6 Å². The van der Waals surface area contributed by atoms with Gasteiger partial charge in [0.25, 0.3) is 0 Å². The van der Waals surface area contributed by atoms with Crippen LogP contribution in [0.2, 0.25) is 0 Å². The largest absolute Gasteiger partial charge is 0.392 e. The van der Waals surface area contributed by atoms with Gasteiger partial charge in [0.05, 0.1) is 19.3 Å². The van der Waals surface area contributed by atoms with Crippen LogP contribution in [0.25, 0.3) is 0 Å². The Morgan fingerprint density at radius 3 is 2.65 bits per heavy atom. The van der Waals surface area contributed by atoms with Crippen LogP contribution in [-0.4, -0.2) is 66.3 Å². The highest BCUT2D eigenvalue weighted by Gasteiger charge is 2.32. The summed E-state index contributed by atoms with van der Waals surface area (Å²) in [6.45, 7) is 3.68. The summed E-state index contributed by atoms with van der Waals surface area (Å²) in [4.78, 5) is 16.2. The van der Waals surface area contributed by atoms with E-state index in [1.165, 1.54) is 12.1 Å². The zero-order chi connectivity index (χ0) is 16.2. The summed E-state index contributed by atoms with van der Waals surface area (Å²) in [5, 5.41) is 9.97. The van der Waals surface area contributed by atoms with Gasteiger partial charge in [0.15, 0.2) is 0 Å². The number of rotatable bonds is 4. The molecule has 2 aliphatic heterocycles. The molecule has 2 fully saturated rings. The first-order valence-corrected chi connectivity index (χ1v) is 8.16. The zero-order valence-corrected chi connectivity index (χ0v) is 13.2. The van der Waals surface area contributed by atoms with Crippen LogP contribution >= 0.6 is 0 Å². The molecule has 2 heterocycles. The molecule has 1 N–H and O–H groups in total. The van der Waals surface area contributed by atoms with E-state index in [0.29, 0.717) is 52.2 Å². The Hall–Kier alpha value is -1.50. The second-order valence-corrected chi connectivity index (χ2v) is 6.19. The lowest BCUT2D eigenvalue weighted by atomic mass is 10.0. The van der Waals surface area contributed by atoms with Crippen LogP contribution in [0.5, 0.6) is 0 Å². The Morgan fingerprint density at radius 2 is 1.96 bits per heavy atom. The fourth-order valence-electron chi connectivity index (χ4n) is 3.37. The van der Waals surface area contributed by atoms with Gasteiger partial charge >= 0.3 is 0 Å². The molecule has 3 rings (SSSR count). The van der Waals surface area contributed by atoms with Gasteiger partial charge in [-0.05, 0) is 24.1 Å². The predicted octanol–water partition coefficient (Wildman–Crippen LogP) is 1.18. The maximum Gasteiger partial charge on any atom is 0.224 e. The lowest BCUT2D eigenvalue weighted by Gasteiger charge is -2.29. The Labute approximate surface area is 135 Å². The van der Waals surface area contributed by atoms with Crippen LogP contribution in [0, 0.1) is 5.82 Å². The third-order valence-corrected chi connectivity index (χ3v) is 4.61. The lowest BCUT2D eigenvalue weighted by Crippen LogP contribution is -2.42. The van der Waals surface area contributed by atoms with Gasteiger partial charge in [0, 0.05) is 38.6 Å². The standard InChI is InChI=1S/C17H23FN2O3/c18-14-3-1-13(2-4-14)16-11-15(21)12-20(16)6-5-17(22)19-7-9-23-10-8-19/h1-4,15-16,21H,5-12H2/t15-,16-/m0/s1. The number of hydrogen-bond donors (Lipinski definition) is 1. The summed E-state index contributed by atoms with van der Waals surface area (Å²) in [6, 6.07) is 6.45. The number of benzene rings is 1. The number of nitrogens with zero attached hydrogens (tertiary/aromatic N) is 2. The number of hydrogen-bond acceptors (Lipinski definition) is 4.